The van der Waals surface area contributed by atoms with E-state index in [1.165, 1.54) is 0 Å². The number of nitrogens with one attached hydrogen (secondary N) is 1. The van der Waals surface area contributed by atoms with Crippen LogP contribution in [0.3, 0.4) is 0 Å². The fraction of sp³-hybridized carbons (Fsp3) is 0.357. The van der Waals surface area contributed by atoms with Crippen LogP contribution >= 0.6 is 15.9 Å². The zero-order valence-corrected chi connectivity index (χ0v) is 12.5. The van der Waals surface area contributed by atoms with Crippen molar-refractivity contribution in [1.29, 1.82) is 0 Å². The number of rotatable bonds is 1. The number of carbonyl (C=O) groups is 3. The van der Waals surface area contributed by atoms with Gasteiger partial charge in [-0.2, -0.15) is 0 Å². The molecule has 0 radical (unpaired) electrons. The van der Waals surface area contributed by atoms with Crippen LogP contribution in [0.5, 0.6) is 0 Å². The molecule has 0 bridgehead atoms. The fourth-order valence-corrected chi connectivity index (χ4v) is 3.33. The Hall–Kier alpha value is -1.69. The average Bonchev–Trinajstić information content (AvgIpc) is 2.29. The molecular weight excluding hydrogens is 324 g/mol. The number of anilines is 1. The number of halogens is 1. The second kappa shape index (κ2) is 4.41. The topological polar surface area (TPSA) is 66.5 Å². The molecule has 1 aromatic rings. The lowest BCUT2D eigenvalue weighted by Gasteiger charge is -2.44. The molecule has 1 spiro atoms. The van der Waals surface area contributed by atoms with Gasteiger partial charge >= 0.3 is 6.03 Å². The minimum absolute atomic E-state index is 0.415. The summed E-state index contributed by atoms with van der Waals surface area (Å²) in [6.45, 7) is 1.92. The molecule has 1 aliphatic heterocycles. The van der Waals surface area contributed by atoms with E-state index in [2.05, 4.69) is 21.2 Å². The normalized spacial score (nSPS) is 20.9. The maximum atomic E-state index is 12.6. The summed E-state index contributed by atoms with van der Waals surface area (Å²) in [5.41, 5.74) is 0.440. The third-order valence-electron chi connectivity index (χ3n) is 4.02. The number of benzene rings is 1. The maximum absolute atomic E-state index is 12.6. The number of urea groups is 1. The van der Waals surface area contributed by atoms with Crippen LogP contribution in [-0.2, 0) is 9.59 Å². The van der Waals surface area contributed by atoms with Crippen molar-refractivity contribution < 1.29 is 14.4 Å². The highest BCUT2D eigenvalue weighted by atomic mass is 79.9. The molecular formula is C14H13BrN2O3. The van der Waals surface area contributed by atoms with Crippen molar-refractivity contribution in [1.82, 2.24) is 5.32 Å². The first kappa shape index (κ1) is 13.3. The highest BCUT2D eigenvalue weighted by Gasteiger charge is 2.57. The van der Waals surface area contributed by atoms with Gasteiger partial charge in [0.05, 0.1) is 5.69 Å². The standard InChI is InChI=1S/C14H13BrN2O3/c1-8-3-4-10(9(15)7-8)17-12(19)14(5-2-6-14)11(18)16-13(17)20/h3-4,7H,2,5-6H2,1H3,(H,16,18,20). The number of barbiturate groups is 1. The van der Waals surface area contributed by atoms with E-state index in [1.807, 2.05) is 19.1 Å². The summed E-state index contributed by atoms with van der Waals surface area (Å²) in [5.74, 6) is -0.875. The van der Waals surface area contributed by atoms with Gasteiger partial charge in [0.1, 0.15) is 5.41 Å². The summed E-state index contributed by atoms with van der Waals surface area (Å²) in [7, 11) is 0. The van der Waals surface area contributed by atoms with Crippen molar-refractivity contribution in [3.05, 3.63) is 28.2 Å². The Labute approximate surface area is 124 Å². The summed E-state index contributed by atoms with van der Waals surface area (Å²) in [6, 6.07) is 4.69. The number of nitrogens with zero attached hydrogens (tertiary/aromatic N) is 1. The first-order valence-electron chi connectivity index (χ1n) is 6.42. The molecule has 1 N–H and O–H groups in total. The lowest BCUT2D eigenvalue weighted by Crippen LogP contribution is -2.66. The van der Waals surface area contributed by atoms with Gasteiger partial charge in [-0.1, -0.05) is 12.5 Å². The Bertz CT molecular complexity index is 637. The molecule has 6 heteroatoms. The van der Waals surface area contributed by atoms with Crippen LogP contribution < -0.4 is 10.2 Å². The molecule has 2 aliphatic rings. The molecule has 0 unspecified atom stereocenters. The SMILES string of the molecule is Cc1ccc(N2C(=O)NC(=O)C3(CCC3)C2=O)c(Br)c1. The van der Waals surface area contributed by atoms with Crippen LogP contribution in [0.4, 0.5) is 10.5 Å². The van der Waals surface area contributed by atoms with Crippen LogP contribution in [-0.4, -0.2) is 17.8 Å². The van der Waals surface area contributed by atoms with Crippen LogP contribution in [0, 0.1) is 12.3 Å². The van der Waals surface area contributed by atoms with Crippen LogP contribution in [0.25, 0.3) is 0 Å². The van der Waals surface area contributed by atoms with Gasteiger partial charge in [-0.25, -0.2) is 9.69 Å². The predicted molar refractivity (Wildman–Crippen MR) is 76.2 cm³/mol. The summed E-state index contributed by atoms with van der Waals surface area (Å²) >= 11 is 3.37. The van der Waals surface area contributed by atoms with E-state index in [1.54, 1.807) is 6.07 Å². The lowest BCUT2D eigenvalue weighted by atomic mass is 9.66. The van der Waals surface area contributed by atoms with Gasteiger partial charge in [0.2, 0.25) is 5.91 Å². The van der Waals surface area contributed by atoms with Crippen molar-refractivity contribution in [2.45, 2.75) is 26.2 Å². The fourth-order valence-electron chi connectivity index (χ4n) is 2.66. The Kier molecular flexibility index (Phi) is 2.93. The molecule has 3 rings (SSSR count). The van der Waals surface area contributed by atoms with Gasteiger partial charge in [0.15, 0.2) is 0 Å². The van der Waals surface area contributed by atoms with Crippen molar-refractivity contribution in [3.8, 4) is 0 Å². The second-order valence-corrected chi connectivity index (χ2v) is 6.14. The third kappa shape index (κ3) is 1.71. The van der Waals surface area contributed by atoms with Crippen molar-refractivity contribution in [3.63, 3.8) is 0 Å². The number of hydrogen-bond acceptors (Lipinski definition) is 3. The number of imide groups is 2. The number of amides is 4. The van der Waals surface area contributed by atoms with E-state index in [0.29, 0.717) is 23.0 Å². The molecule has 1 saturated carbocycles. The number of carbonyl (C=O) groups excluding carboxylic acids is 3. The van der Waals surface area contributed by atoms with Crippen molar-refractivity contribution in [2.75, 3.05) is 4.90 Å². The molecule has 20 heavy (non-hydrogen) atoms. The Morgan fingerprint density at radius 1 is 1.25 bits per heavy atom. The number of hydrogen-bond donors (Lipinski definition) is 1. The van der Waals surface area contributed by atoms with Crippen LogP contribution in [0.15, 0.2) is 22.7 Å². The molecule has 104 valence electrons. The van der Waals surface area contributed by atoms with Gasteiger partial charge in [-0.15, -0.1) is 0 Å². The second-order valence-electron chi connectivity index (χ2n) is 5.29. The Morgan fingerprint density at radius 3 is 2.50 bits per heavy atom. The molecule has 1 saturated heterocycles. The van der Waals surface area contributed by atoms with Crippen molar-refractivity contribution >= 4 is 39.5 Å². The first-order chi connectivity index (χ1) is 9.45. The van der Waals surface area contributed by atoms with Crippen LogP contribution in [0.2, 0.25) is 0 Å². The molecule has 1 aromatic carbocycles. The minimum atomic E-state index is -1.04. The highest BCUT2D eigenvalue weighted by molar-refractivity contribution is 9.10. The quantitative estimate of drug-likeness (QED) is 0.801. The zero-order chi connectivity index (χ0) is 14.5. The Morgan fingerprint density at radius 2 is 1.95 bits per heavy atom. The molecule has 0 atom stereocenters. The molecule has 2 fully saturated rings. The molecule has 1 aliphatic carbocycles. The van der Waals surface area contributed by atoms with Crippen molar-refractivity contribution in [2.24, 2.45) is 5.41 Å². The van der Waals surface area contributed by atoms with Gasteiger partial charge in [-0.3, -0.25) is 14.9 Å². The van der Waals surface area contributed by atoms with E-state index in [0.717, 1.165) is 16.9 Å². The van der Waals surface area contributed by atoms with E-state index in [9.17, 15) is 14.4 Å². The summed E-state index contributed by atoms with van der Waals surface area (Å²) in [4.78, 5) is 37.7. The van der Waals surface area contributed by atoms with Gasteiger partial charge in [-0.05, 0) is 53.4 Å². The van der Waals surface area contributed by atoms with Gasteiger partial charge < -0.3 is 0 Å². The smallest absolute Gasteiger partial charge is 0.276 e. The lowest BCUT2D eigenvalue weighted by molar-refractivity contribution is -0.148. The monoisotopic (exact) mass is 336 g/mol. The summed E-state index contributed by atoms with van der Waals surface area (Å²) in [5, 5.41) is 2.30. The van der Waals surface area contributed by atoms with Gasteiger partial charge in [0.25, 0.3) is 5.91 Å². The Balaban J connectivity index is 2.05. The molecule has 4 amide bonds. The average molecular weight is 337 g/mol. The summed E-state index contributed by atoms with van der Waals surface area (Å²) in [6.07, 6.45) is 1.84. The zero-order valence-electron chi connectivity index (χ0n) is 10.9. The summed E-state index contributed by atoms with van der Waals surface area (Å²) < 4.78 is 0.657. The van der Waals surface area contributed by atoms with Gasteiger partial charge in [0, 0.05) is 4.47 Å². The van der Waals surface area contributed by atoms with E-state index in [4.69, 9.17) is 0 Å². The predicted octanol–water partition coefficient (Wildman–Crippen LogP) is 2.51. The molecule has 1 heterocycles. The molecule has 0 aromatic heterocycles. The van der Waals surface area contributed by atoms with E-state index >= 15 is 0 Å². The third-order valence-corrected chi connectivity index (χ3v) is 4.66. The maximum Gasteiger partial charge on any atom is 0.335 e. The minimum Gasteiger partial charge on any atom is -0.276 e. The molecule has 5 nitrogen and oxygen atoms in total. The number of aryl methyl sites for hydroxylation is 1. The van der Waals surface area contributed by atoms with E-state index < -0.39 is 23.3 Å². The first-order valence-corrected chi connectivity index (χ1v) is 7.21. The highest BCUT2D eigenvalue weighted by Crippen LogP contribution is 2.46. The largest absolute Gasteiger partial charge is 0.335 e. The van der Waals surface area contributed by atoms with E-state index in [-0.39, 0.29) is 0 Å². The van der Waals surface area contributed by atoms with Crippen LogP contribution in [0.1, 0.15) is 24.8 Å².